The number of carbonyl (C=O) groups is 2. The van der Waals surface area contributed by atoms with Crippen molar-refractivity contribution in [3.05, 3.63) is 47.0 Å². The van der Waals surface area contributed by atoms with E-state index in [4.69, 9.17) is 0 Å². The third-order valence-electron chi connectivity index (χ3n) is 5.05. The number of benzene rings is 2. The van der Waals surface area contributed by atoms with Gasteiger partial charge in [-0.1, -0.05) is 18.2 Å². The van der Waals surface area contributed by atoms with Gasteiger partial charge in [0.25, 0.3) is 0 Å². The first-order chi connectivity index (χ1) is 15.6. The summed E-state index contributed by atoms with van der Waals surface area (Å²) in [7, 11) is 1.52. The van der Waals surface area contributed by atoms with Gasteiger partial charge in [0.15, 0.2) is 0 Å². The molecule has 0 saturated carbocycles. The van der Waals surface area contributed by atoms with Crippen LogP contribution < -0.4 is 4.74 Å². The van der Waals surface area contributed by atoms with E-state index in [0.717, 1.165) is 32.4 Å². The quantitative estimate of drug-likeness (QED) is 0.485. The van der Waals surface area contributed by atoms with E-state index < -0.39 is 69.5 Å². The highest BCUT2D eigenvalue weighted by Gasteiger charge is 2.82. The molecule has 2 aromatic rings. The van der Waals surface area contributed by atoms with Gasteiger partial charge in [-0.15, -0.1) is 0 Å². The number of hydrogen-bond donors (Lipinski definition) is 2. The predicted molar refractivity (Wildman–Crippen MR) is 96.7 cm³/mol. The SMILES string of the molecule is COC(=O)c1cc2c(c(C(=O)OC)c1O)-c1ccccc1OC2(O)C(F)(F)C(F)(F)C(F)(F)F. The molecule has 0 amide bonds. The molecule has 1 heterocycles. The smallest absolute Gasteiger partial charge is 0.460 e. The fourth-order valence-electron chi connectivity index (χ4n) is 3.39. The second kappa shape index (κ2) is 7.75. The lowest BCUT2D eigenvalue weighted by Gasteiger charge is -2.43. The van der Waals surface area contributed by atoms with Gasteiger partial charge in [0.1, 0.15) is 22.6 Å². The molecule has 184 valence electrons. The molecule has 0 radical (unpaired) electrons. The van der Waals surface area contributed by atoms with Crippen LogP contribution in [0.2, 0.25) is 0 Å². The fourth-order valence-corrected chi connectivity index (χ4v) is 3.39. The van der Waals surface area contributed by atoms with Crippen molar-refractivity contribution in [3.8, 4) is 22.6 Å². The largest absolute Gasteiger partial charge is 0.506 e. The standard InChI is InChI=1S/C20H13F7O7/c1-32-15(29)9-7-10-12(13(14(9)28)16(30)33-2)8-5-3-4-6-11(8)34-17(10,31)18(21,22)19(23,24)20(25,26)27/h3-7,28,31H,1-2H3. The van der Waals surface area contributed by atoms with Crippen molar-refractivity contribution in [3.63, 3.8) is 0 Å². The molecule has 0 aliphatic carbocycles. The minimum atomic E-state index is -6.87. The first kappa shape index (κ1) is 25.1. The zero-order valence-electron chi connectivity index (χ0n) is 17.0. The van der Waals surface area contributed by atoms with Crippen molar-refractivity contribution >= 4 is 11.9 Å². The second-order valence-corrected chi connectivity index (χ2v) is 6.94. The van der Waals surface area contributed by atoms with E-state index in [2.05, 4.69) is 14.2 Å². The van der Waals surface area contributed by atoms with Gasteiger partial charge >= 0.3 is 35.7 Å². The van der Waals surface area contributed by atoms with E-state index in [9.17, 15) is 50.5 Å². The molecule has 14 heteroatoms. The lowest BCUT2D eigenvalue weighted by molar-refractivity contribution is -0.421. The van der Waals surface area contributed by atoms with E-state index in [-0.39, 0.29) is 11.6 Å². The molecule has 0 saturated heterocycles. The summed E-state index contributed by atoms with van der Waals surface area (Å²) < 4.78 is 110. The number of phenols is 1. The van der Waals surface area contributed by atoms with Crippen LogP contribution in [0, 0.1) is 0 Å². The Morgan fingerprint density at radius 1 is 0.971 bits per heavy atom. The Morgan fingerprint density at radius 3 is 2.06 bits per heavy atom. The minimum Gasteiger partial charge on any atom is -0.506 e. The first-order valence-electron chi connectivity index (χ1n) is 8.97. The summed E-state index contributed by atoms with van der Waals surface area (Å²) in [6.45, 7) is 0. The molecule has 1 aliphatic rings. The highest BCUT2D eigenvalue weighted by molar-refractivity contribution is 6.07. The van der Waals surface area contributed by atoms with E-state index in [0.29, 0.717) is 0 Å². The number of halogens is 7. The van der Waals surface area contributed by atoms with Crippen LogP contribution in [0.3, 0.4) is 0 Å². The lowest BCUT2D eigenvalue weighted by atomic mass is 9.81. The number of esters is 2. The van der Waals surface area contributed by atoms with Gasteiger partial charge < -0.3 is 24.4 Å². The molecular weight excluding hydrogens is 485 g/mol. The summed E-state index contributed by atoms with van der Waals surface area (Å²) in [6, 6.07) is 4.41. The zero-order chi connectivity index (χ0) is 25.9. The Balaban J connectivity index is 2.54. The van der Waals surface area contributed by atoms with E-state index in [1.807, 2.05) is 0 Å². The maximum absolute atomic E-state index is 14.9. The van der Waals surface area contributed by atoms with E-state index >= 15 is 0 Å². The van der Waals surface area contributed by atoms with Crippen molar-refractivity contribution in [2.45, 2.75) is 23.8 Å². The van der Waals surface area contributed by atoms with Crippen LogP contribution in [0.25, 0.3) is 11.1 Å². The number of hydrogen-bond acceptors (Lipinski definition) is 7. The third-order valence-corrected chi connectivity index (χ3v) is 5.05. The van der Waals surface area contributed by atoms with Gasteiger partial charge in [-0.05, 0) is 12.1 Å². The Hall–Kier alpha value is -3.55. The van der Waals surface area contributed by atoms with Gasteiger partial charge in [-0.3, -0.25) is 0 Å². The Bertz CT molecular complexity index is 1180. The van der Waals surface area contributed by atoms with Crippen LogP contribution in [0.15, 0.2) is 30.3 Å². The number of aliphatic hydroxyl groups is 1. The van der Waals surface area contributed by atoms with Gasteiger partial charge in [-0.2, -0.15) is 30.7 Å². The first-order valence-corrected chi connectivity index (χ1v) is 8.97. The summed E-state index contributed by atoms with van der Waals surface area (Å²) in [5.74, 6) is -23.2. The molecule has 3 rings (SSSR count). The Kier molecular flexibility index (Phi) is 5.72. The summed E-state index contributed by atoms with van der Waals surface area (Å²) in [4.78, 5) is 24.5. The van der Waals surface area contributed by atoms with Crippen LogP contribution in [0.4, 0.5) is 30.7 Å². The number of rotatable bonds is 4. The molecular formula is C20H13F7O7. The minimum absolute atomic E-state index is 0.166. The summed E-state index contributed by atoms with van der Waals surface area (Å²) >= 11 is 0. The molecule has 2 aromatic carbocycles. The number of phenolic OH excluding ortho intramolecular Hbond substituents is 1. The van der Waals surface area contributed by atoms with Crippen molar-refractivity contribution in [1.29, 1.82) is 0 Å². The van der Waals surface area contributed by atoms with Gasteiger partial charge in [0.05, 0.1) is 14.2 Å². The lowest BCUT2D eigenvalue weighted by Crippen LogP contribution is -2.65. The van der Waals surface area contributed by atoms with Crippen molar-refractivity contribution < 1.29 is 64.7 Å². The molecule has 2 N–H and O–H groups in total. The molecule has 0 spiro atoms. The molecule has 0 fully saturated rings. The number of carbonyl (C=O) groups excluding carboxylic acids is 2. The third kappa shape index (κ3) is 3.23. The van der Waals surface area contributed by atoms with Crippen molar-refractivity contribution in [2.75, 3.05) is 14.2 Å². The van der Waals surface area contributed by atoms with Gasteiger partial charge in [-0.25, -0.2) is 9.59 Å². The maximum atomic E-state index is 14.9. The highest BCUT2D eigenvalue weighted by atomic mass is 19.4. The summed E-state index contributed by atoms with van der Waals surface area (Å²) in [6.07, 6.45) is -6.86. The highest BCUT2D eigenvalue weighted by Crippen LogP contribution is 2.59. The average molecular weight is 498 g/mol. The van der Waals surface area contributed by atoms with Gasteiger partial charge in [0, 0.05) is 16.7 Å². The Morgan fingerprint density at radius 2 is 1.53 bits per heavy atom. The number of fused-ring (bicyclic) bond motifs is 3. The molecule has 34 heavy (non-hydrogen) atoms. The fraction of sp³-hybridized carbons (Fsp3) is 0.300. The molecule has 1 aliphatic heterocycles. The molecule has 0 bridgehead atoms. The predicted octanol–water partition coefficient (Wildman–Crippen LogP) is 4.00. The normalized spacial score (nSPS) is 17.8. The number of alkyl halides is 7. The van der Waals surface area contributed by atoms with E-state index in [1.165, 1.54) is 6.07 Å². The van der Waals surface area contributed by atoms with E-state index in [1.54, 1.807) is 0 Å². The van der Waals surface area contributed by atoms with Crippen LogP contribution in [-0.4, -0.2) is 54.4 Å². The van der Waals surface area contributed by atoms with Gasteiger partial charge in [0.2, 0.25) is 0 Å². The molecule has 1 atom stereocenters. The summed E-state index contributed by atoms with van der Waals surface area (Å²) in [5.41, 5.74) is -5.09. The summed E-state index contributed by atoms with van der Waals surface area (Å²) in [5, 5.41) is 21.2. The topological polar surface area (TPSA) is 102 Å². The Labute approximate surface area is 185 Å². The number of methoxy groups -OCH3 is 2. The number of aromatic hydroxyl groups is 1. The monoisotopic (exact) mass is 498 g/mol. The zero-order valence-corrected chi connectivity index (χ0v) is 17.0. The molecule has 0 aromatic heterocycles. The second-order valence-electron chi connectivity index (χ2n) is 6.94. The number of para-hydroxylation sites is 1. The molecule has 1 unspecified atom stereocenters. The van der Waals surface area contributed by atoms with Crippen LogP contribution in [0.1, 0.15) is 26.3 Å². The maximum Gasteiger partial charge on any atom is 0.460 e. The van der Waals surface area contributed by atoms with Crippen LogP contribution in [-0.2, 0) is 15.3 Å². The van der Waals surface area contributed by atoms with Crippen molar-refractivity contribution in [2.24, 2.45) is 0 Å². The van der Waals surface area contributed by atoms with Crippen LogP contribution in [0.5, 0.6) is 11.5 Å². The molecule has 7 nitrogen and oxygen atoms in total. The average Bonchev–Trinajstić information content (AvgIpc) is 2.76. The number of ether oxygens (including phenoxy) is 3. The van der Waals surface area contributed by atoms with Crippen molar-refractivity contribution in [1.82, 2.24) is 0 Å². The van der Waals surface area contributed by atoms with Crippen LogP contribution >= 0.6 is 0 Å².